The van der Waals surface area contributed by atoms with Crippen molar-refractivity contribution >= 4 is 26.9 Å². The van der Waals surface area contributed by atoms with E-state index in [2.05, 4.69) is 0 Å². The standard InChI is InChI=1S/C23H28N2O4S/c1-6-25(7-2)30(27,28)19-13-12-16(3)20(15-19)23(26)24(5)17(4)22-14-18-10-8-9-11-21(18)29-22/h8-15,17H,6-7H2,1-5H3. The number of amides is 1. The van der Waals surface area contributed by atoms with Crippen molar-refractivity contribution in [3.05, 3.63) is 65.4 Å². The zero-order valence-electron chi connectivity index (χ0n) is 18.0. The number of fused-ring (bicyclic) bond motifs is 1. The number of furan rings is 1. The first-order chi connectivity index (χ1) is 14.2. The van der Waals surface area contributed by atoms with Gasteiger partial charge in [-0.1, -0.05) is 38.1 Å². The van der Waals surface area contributed by atoms with E-state index in [-0.39, 0.29) is 16.8 Å². The lowest BCUT2D eigenvalue weighted by Crippen LogP contribution is -2.32. The second-order valence-electron chi connectivity index (χ2n) is 7.34. The Kier molecular flexibility index (Phi) is 6.33. The normalized spacial score (nSPS) is 13.0. The zero-order valence-corrected chi connectivity index (χ0v) is 18.9. The Morgan fingerprint density at radius 2 is 1.73 bits per heavy atom. The third kappa shape index (κ3) is 4.00. The molecule has 2 aromatic carbocycles. The third-order valence-electron chi connectivity index (χ3n) is 5.54. The molecule has 3 rings (SSSR count). The molecule has 0 aliphatic rings. The minimum atomic E-state index is -3.65. The highest BCUT2D eigenvalue weighted by Gasteiger charge is 2.26. The Morgan fingerprint density at radius 1 is 1.07 bits per heavy atom. The summed E-state index contributed by atoms with van der Waals surface area (Å²) >= 11 is 0. The highest BCUT2D eigenvalue weighted by Crippen LogP contribution is 2.28. The molecular weight excluding hydrogens is 400 g/mol. The van der Waals surface area contributed by atoms with Gasteiger partial charge in [0.15, 0.2) is 0 Å². The molecule has 1 atom stereocenters. The SMILES string of the molecule is CCN(CC)S(=O)(=O)c1ccc(C)c(C(=O)N(C)C(C)c2cc3ccccc3o2)c1. The molecule has 30 heavy (non-hydrogen) atoms. The van der Waals surface area contributed by atoms with Gasteiger partial charge in [0, 0.05) is 31.1 Å². The Bertz CT molecular complexity index is 1130. The van der Waals surface area contributed by atoms with Gasteiger partial charge in [0.05, 0.1) is 10.9 Å². The van der Waals surface area contributed by atoms with Crippen LogP contribution in [-0.2, 0) is 10.0 Å². The van der Waals surface area contributed by atoms with E-state index in [4.69, 9.17) is 4.42 Å². The van der Waals surface area contributed by atoms with Crippen LogP contribution in [-0.4, -0.2) is 43.7 Å². The molecule has 0 spiro atoms. The lowest BCUT2D eigenvalue weighted by Gasteiger charge is -2.25. The third-order valence-corrected chi connectivity index (χ3v) is 7.59. The van der Waals surface area contributed by atoms with Crippen molar-refractivity contribution in [3.63, 3.8) is 0 Å². The first-order valence-electron chi connectivity index (χ1n) is 10.1. The zero-order chi connectivity index (χ0) is 22.1. The van der Waals surface area contributed by atoms with E-state index in [9.17, 15) is 13.2 Å². The predicted octanol–water partition coefficient (Wildman–Crippen LogP) is 4.60. The summed E-state index contributed by atoms with van der Waals surface area (Å²) in [5, 5.41) is 0.976. The second kappa shape index (κ2) is 8.62. The highest BCUT2D eigenvalue weighted by molar-refractivity contribution is 7.89. The van der Waals surface area contributed by atoms with Crippen molar-refractivity contribution in [2.45, 2.75) is 38.6 Å². The summed E-state index contributed by atoms with van der Waals surface area (Å²) in [7, 11) is -1.95. The van der Waals surface area contributed by atoms with Gasteiger partial charge in [0.2, 0.25) is 10.0 Å². The molecule has 3 aromatic rings. The van der Waals surface area contributed by atoms with Crippen LogP contribution in [0.2, 0.25) is 0 Å². The molecule has 0 aliphatic carbocycles. The lowest BCUT2D eigenvalue weighted by molar-refractivity contribution is 0.0726. The Labute approximate surface area is 178 Å². The van der Waals surface area contributed by atoms with Crippen LogP contribution in [0.1, 0.15) is 48.5 Å². The molecule has 0 saturated heterocycles. The lowest BCUT2D eigenvalue weighted by atomic mass is 10.1. The number of para-hydroxylation sites is 1. The summed E-state index contributed by atoms with van der Waals surface area (Å²) in [6.07, 6.45) is 0. The van der Waals surface area contributed by atoms with Crippen LogP contribution in [0, 0.1) is 6.92 Å². The van der Waals surface area contributed by atoms with E-state index in [1.54, 1.807) is 44.9 Å². The van der Waals surface area contributed by atoms with Gasteiger partial charge in [-0.25, -0.2) is 8.42 Å². The number of carbonyl (C=O) groups is 1. The van der Waals surface area contributed by atoms with Crippen molar-refractivity contribution < 1.29 is 17.6 Å². The Morgan fingerprint density at radius 3 is 2.37 bits per heavy atom. The summed E-state index contributed by atoms with van der Waals surface area (Å²) in [6, 6.07) is 14.0. The molecule has 1 unspecified atom stereocenters. The molecule has 0 N–H and O–H groups in total. The second-order valence-corrected chi connectivity index (χ2v) is 9.28. The Hall–Kier alpha value is -2.64. The molecule has 1 amide bonds. The van der Waals surface area contributed by atoms with E-state index in [0.29, 0.717) is 24.4 Å². The number of benzene rings is 2. The molecule has 0 aliphatic heterocycles. The van der Waals surface area contributed by atoms with Crippen molar-refractivity contribution in [1.82, 2.24) is 9.21 Å². The molecular formula is C23H28N2O4S. The maximum Gasteiger partial charge on any atom is 0.254 e. The fourth-order valence-electron chi connectivity index (χ4n) is 3.47. The molecule has 0 saturated carbocycles. The first kappa shape index (κ1) is 22.1. The van der Waals surface area contributed by atoms with Gasteiger partial charge in [0.1, 0.15) is 11.3 Å². The number of hydrogen-bond acceptors (Lipinski definition) is 4. The fraction of sp³-hybridized carbons (Fsp3) is 0.348. The summed E-state index contributed by atoms with van der Waals surface area (Å²) in [6.45, 7) is 8.04. The number of hydrogen-bond donors (Lipinski definition) is 0. The highest BCUT2D eigenvalue weighted by atomic mass is 32.2. The van der Waals surface area contributed by atoms with E-state index < -0.39 is 10.0 Å². The fourth-order valence-corrected chi connectivity index (χ4v) is 4.95. The summed E-state index contributed by atoms with van der Waals surface area (Å²) < 4.78 is 33.1. The maximum atomic E-state index is 13.3. The Balaban J connectivity index is 1.93. The predicted molar refractivity (Wildman–Crippen MR) is 118 cm³/mol. The summed E-state index contributed by atoms with van der Waals surface area (Å²) in [5.41, 5.74) is 1.86. The van der Waals surface area contributed by atoms with Crippen LogP contribution >= 0.6 is 0 Å². The number of aryl methyl sites for hydroxylation is 1. The largest absolute Gasteiger partial charge is 0.459 e. The van der Waals surface area contributed by atoms with Crippen molar-refractivity contribution in [2.24, 2.45) is 0 Å². The van der Waals surface area contributed by atoms with Crippen molar-refractivity contribution in [3.8, 4) is 0 Å². The van der Waals surface area contributed by atoms with Gasteiger partial charge in [0.25, 0.3) is 5.91 Å². The average molecular weight is 429 g/mol. The van der Waals surface area contributed by atoms with Crippen LogP contribution in [0.3, 0.4) is 0 Å². The number of sulfonamides is 1. The van der Waals surface area contributed by atoms with Crippen molar-refractivity contribution in [1.29, 1.82) is 0 Å². The number of rotatable bonds is 7. The van der Waals surface area contributed by atoms with Crippen LogP contribution in [0.5, 0.6) is 0 Å². The summed E-state index contributed by atoms with van der Waals surface area (Å²) in [4.78, 5) is 15.0. The van der Waals surface area contributed by atoms with E-state index in [1.807, 2.05) is 37.3 Å². The minimum Gasteiger partial charge on any atom is -0.459 e. The maximum absolute atomic E-state index is 13.3. The smallest absolute Gasteiger partial charge is 0.254 e. The number of nitrogens with zero attached hydrogens (tertiary/aromatic N) is 2. The van der Waals surface area contributed by atoms with Crippen LogP contribution < -0.4 is 0 Å². The van der Waals surface area contributed by atoms with Gasteiger partial charge in [-0.05, 0) is 43.7 Å². The first-order valence-corrected chi connectivity index (χ1v) is 11.5. The van der Waals surface area contributed by atoms with E-state index >= 15 is 0 Å². The molecule has 1 heterocycles. The molecule has 0 fully saturated rings. The number of carbonyl (C=O) groups excluding carboxylic acids is 1. The quantitative estimate of drug-likeness (QED) is 0.551. The van der Waals surface area contributed by atoms with Crippen molar-refractivity contribution in [2.75, 3.05) is 20.1 Å². The molecule has 7 heteroatoms. The van der Waals surface area contributed by atoms with E-state index in [0.717, 1.165) is 16.5 Å². The monoisotopic (exact) mass is 428 g/mol. The average Bonchev–Trinajstić information content (AvgIpc) is 3.17. The minimum absolute atomic E-state index is 0.130. The molecule has 6 nitrogen and oxygen atoms in total. The van der Waals surface area contributed by atoms with Gasteiger partial charge in [-0.2, -0.15) is 4.31 Å². The molecule has 160 valence electrons. The van der Waals surface area contributed by atoms with Crippen LogP contribution in [0.25, 0.3) is 11.0 Å². The van der Waals surface area contributed by atoms with Gasteiger partial charge in [-0.15, -0.1) is 0 Å². The van der Waals surface area contributed by atoms with Gasteiger partial charge >= 0.3 is 0 Å². The van der Waals surface area contributed by atoms with Gasteiger partial charge in [-0.3, -0.25) is 4.79 Å². The molecule has 0 bridgehead atoms. The van der Waals surface area contributed by atoms with Crippen LogP contribution in [0.4, 0.5) is 0 Å². The molecule has 1 aromatic heterocycles. The topological polar surface area (TPSA) is 70.8 Å². The van der Waals surface area contributed by atoms with Gasteiger partial charge < -0.3 is 9.32 Å². The molecule has 0 radical (unpaired) electrons. The summed E-state index contributed by atoms with van der Waals surface area (Å²) in [5.74, 6) is 0.425. The van der Waals surface area contributed by atoms with E-state index in [1.165, 1.54) is 10.4 Å². The van der Waals surface area contributed by atoms with Crippen LogP contribution in [0.15, 0.2) is 57.8 Å².